The average molecular weight is 218 g/mol. The van der Waals surface area contributed by atoms with Gasteiger partial charge in [0.15, 0.2) is 5.82 Å². The van der Waals surface area contributed by atoms with Crippen molar-refractivity contribution in [1.82, 2.24) is 20.3 Å². The zero-order valence-corrected chi connectivity index (χ0v) is 8.92. The molecule has 0 saturated heterocycles. The van der Waals surface area contributed by atoms with Crippen molar-refractivity contribution in [3.8, 4) is 11.5 Å². The minimum atomic E-state index is 0.747. The summed E-state index contributed by atoms with van der Waals surface area (Å²) in [7, 11) is 0. The van der Waals surface area contributed by atoms with Gasteiger partial charge >= 0.3 is 0 Å². The molecule has 0 aromatic carbocycles. The summed E-state index contributed by atoms with van der Waals surface area (Å²) in [5, 5.41) is 5.28. The summed E-state index contributed by atoms with van der Waals surface area (Å²) in [6.45, 7) is 1.88. The van der Waals surface area contributed by atoms with Gasteiger partial charge in [0.05, 0.1) is 11.2 Å². The van der Waals surface area contributed by atoms with Gasteiger partial charge < -0.3 is 5.32 Å². The summed E-state index contributed by atoms with van der Waals surface area (Å²) in [5.74, 6) is 0.747. The quantitative estimate of drug-likeness (QED) is 0.782. The van der Waals surface area contributed by atoms with Crippen LogP contribution in [0, 0.1) is 0 Å². The fourth-order valence-electron chi connectivity index (χ4n) is 1.68. The fourth-order valence-corrected chi connectivity index (χ4v) is 2.21. The lowest BCUT2D eigenvalue weighted by Gasteiger charge is -2.15. The molecule has 2 aromatic rings. The van der Waals surface area contributed by atoms with Gasteiger partial charge in [-0.05, 0) is 0 Å². The van der Waals surface area contributed by atoms with E-state index in [2.05, 4.69) is 20.3 Å². The lowest BCUT2D eigenvalue weighted by atomic mass is 10.1. The second-order valence-electron chi connectivity index (χ2n) is 3.47. The third kappa shape index (κ3) is 1.64. The molecule has 1 N–H and O–H groups in total. The topological polar surface area (TPSA) is 50.7 Å². The molecule has 15 heavy (non-hydrogen) atoms. The molecule has 0 aliphatic carbocycles. The first-order valence-corrected chi connectivity index (χ1v) is 5.82. The molecular formula is C10H10N4S. The van der Waals surface area contributed by atoms with Gasteiger partial charge in [0.2, 0.25) is 0 Å². The summed E-state index contributed by atoms with van der Waals surface area (Å²) in [5.41, 5.74) is 5.05. The monoisotopic (exact) mass is 218 g/mol. The number of hydrogen-bond donors (Lipinski definition) is 1. The van der Waals surface area contributed by atoms with E-state index in [1.165, 1.54) is 5.56 Å². The molecule has 2 aromatic heterocycles. The first-order valence-electron chi connectivity index (χ1n) is 4.87. The van der Waals surface area contributed by atoms with Crippen LogP contribution in [0.2, 0.25) is 0 Å². The van der Waals surface area contributed by atoms with Gasteiger partial charge in [-0.25, -0.2) is 15.0 Å². The third-order valence-electron chi connectivity index (χ3n) is 2.47. The van der Waals surface area contributed by atoms with E-state index in [9.17, 15) is 0 Å². The smallest absolute Gasteiger partial charge is 0.179 e. The van der Waals surface area contributed by atoms with Crippen molar-refractivity contribution in [2.45, 2.75) is 13.0 Å². The van der Waals surface area contributed by atoms with Crippen molar-refractivity contribution in [2.75, 3.05) is 6.54 Å². The second kappa shape index (κ2) is 3.67. The molecule has 0 spiro atoms. The Labute approximate surface area is 91.4 Å². The standard InChI is InChI=1S/C10H10N4S/c1-2-11-3-7-4-12-10(14-8(1)7)9-5-15-6-13-9/h4-6,11H,1-3H2. The summed E-state index contributed by atoms with van der Waals surface area (Å²) in [6.07, 6.45) is 2.89. The second-order valence-corrected chi connectivity index (χ2v) is 4.18. The Kier molecular flexibility index (Phi) is 2.19. The predicted molar refractivity (Wildman–Crippen MR) is 58.6 cm³/mol. The number of fused-ring (bicyclic) bond motifs is 1. The van der Waals surface area contributed by atoms with Gasteiger partial charge in [-0.15, -0.1) is 11.3 Å². The molecule has 3 rings (SSSR count). The van der Waals surface area contributed by atoms with E-state index in [1.54, 1.807) is 16.8 Å². The molecule has 1 aliphatic heterocycles. The molecule has 0 unspecified atom stereocenters. The van der Waals surface area contributed by atoms with Crippen LogP contribution in [-0.2, 0) is 13.0 Å². The van der Waals surface area contributed by atoms with Gasteiger partial charge in [-0.3, -0.25) is 0 Å². The van der Waals surface area contributed by atoms with E-state index >= 15 is 0 Å². The van der Waals surface area contributed by atoms with Crippen LogP contribution in [0.5, 0.6) is 0 Å². The van der Waals surface area contributed by atoms with Gasteiger partial charge in [-0.2, -0.15) is 0 Å². The zero-order valence-electron chi connectivity index (χ0n) is 8.10. The molecule has 0 radical (unpaired) electrons. The minimum Gasteiger partial charge on any atom is -0.312 e. The summed E-state index contributed by atoms with van der Waals surface area (Å²) in [4.78, 5) is 13.1. The lowest BCUT2D eigenvalue weighted by Crippen LogP contribution is -2.24. The van der Waals surface area contributed by atoms with Crippen LogP contribution < -0.4 is 5.32 Å². The molecule has 1 aliphatic rings. The van der Waals surface area contributed by atoms with Crippen LogP contribution in [0.3, 0.4) is 0 Å². The largest absolute Gasteiger partial charge is 0.312 e. The Hall–Kier alpha value is -1.33. The van der Waals surface area contributed by atoms with Crippen LogP contribution in [-0.4, -0.2) is 21.5 Å². The highest BCUT2D eigenvalue weighted by Gasteiger charge is 2.12. The Morgan fingerprint density at radius 2 is 2.33 bits per heavy atom. The Morgan fingerprint density at radius 1 is 1.33 bits per heavy atom. The van der Waals surface area contributed by atoms with E-state index < -0.39 is 0 Å². The van der Waals surface area contributed by atoms with Crippen LogP contribution >= 0.6 is 11.3 Å². The summed E-state index contributed by atoms with van der Waals surface area (Å²) >= 11 is 1.57. The van der Waals surface area contributed by atoms with Gasteiger partial charge in [0.25, 0.3) is 0 Å². The Morgan fingerprint density at radius 3 is 3.20 bits per heavy atom. The number of nitrogens with one attached hydrogen (secondary N) is 1. The highest BCUT2D eigenvalue weighted by molar-refractivity contribution is 7.07. The molecule has 0 fully saturated rings. The number of aromatic nitrogens is 3. The highest BCUT2D eigenvalue weighted by atomic mass is 32.1. The maximum atomic E-state index is 4.55. The summed E-state index contributed by atoms with van der Waals surface area (Å²) in [6, 6.07) is 0. The van der Waals surface area contributed by atoms with Gasteiger partial charge in [-0.1, -0.05) is 0 Å². The van der Waals surface area contributed by atoms with Crippen molar-refractivity contribution in [3.63, 3.8) is 0 Å². The Balaban J connectivity index is 2.04. The SMILES string of the molecule is c1nc(-c2ncc3c(n2)CCNC3)cs1. The van der Waals surface area contributed by atoms with Crippen LogP contribution in [0.25, 0.3) is 11.5 Å². The maximum Gasteiger partial charge on any atom is 0.179 e. The highest BCUT2D eigenvalue weighted by Crippen LogP contribution is 2.17. The Bertz CT molecular complexity index is 466. The first-order chi connectivity index (χ1) is 7.43. The molecule has 0 atom stereocenters. The molecular weight excluding hydrogens is 208 g/mol. The van der Waals surface area contributed by atoms with E-state index in [0.717, 1.165) is 36.7 Å². The van der Waals surface area contributed by atoms with E-state index in [0.29, 0.717) is 0 Å². The minimum absolute atomic E-state index is 0.747. The number of hydrogen-bond acceptors (Lipinski definition) is 5. The average Bonchev–Trinajstić information content (AvgIpc) is 2.82. The fraction of sp³-hybridized carbons (Fsp3) is 0.300. The zero-order chi connectivity index (χ0) is 10.1. The van der Waals surface area contributed by atoms with Crippen LogP contribution in [0.15, 0.2) is 17.1 Å². The van der Waals surface area contributed by atoms with Crippen molar-refractivity contribution >= 4 is 11.3 Å². The van der Waals surface area contributed by atoms with Gasteiger partial charge in [0, 0.05) is 36.7 Å². The van der Waals surface area contributed by atoms with E-state index in [4.69, 9.17) is 0 Å². The number of thiazole rings is 1. The van der Waals surface area contributed by atoms with Crippen molar-refractivity contribution in [2.24, 2.45) is 0 Å². The predicted octanol–water partition coefficient (Wildman–Crippen LogP) is 1.25. The lowest BCUT2D eigenvalue weighted by molar-refractivity contribution is 0.626. The van der Waals surface area contributed by atoms with E-state index in [1.807, 2.05) is 11.6 Å². The molecule has 0 saturated carbocycles. The van der Waals surface area contributed by atoms with Crippen LogP contribution in [0.1, 0.15) is 11.3 Å². The molecule has 76 valence electrons. The number of nitrogens with zero attached hydrogens (tertiary/aromatic N) is 3. The van der Waals surface area contributed by atoms with Gasteiger partial charge in [0.1, 0.15) is 5.69 Å². The van der Waals surface area contributed by atoms with E-state index in [-0.39, 0.29) is 0 Å². The van der Waals surface area contributed by atoms with Crippen molar-refractivity contribution in [3.05, 3.63) is 28.3 Å². The molecule has 3 heterocycles. The maximum absolute atomic E-state index is 4.55. The normalized spacial score (nSPS) is 14.9. The number of rotatable bonds is 1. The van der Waals surface area contributed by atoms with Crippen molar-refractivity contribution in [1.29, 1.82) is 0 Å². The molecule has 0 amide bonds. The molecule has 4 nitrogen and oxygen atoms in total. The van der Waals surface area contributed by atoms with Crippen LogP contribution in [0.4, 0.5) is 0 Å². The molecule has 0 bridgehead atoms. The first kappa shape index (κ1) is 8.94. The molecule has 5 heteroatoms. The summed E-state index contributed by atoms with van der Waals surface area (Å²) < 4.78 is 0. The third-order valence-corrected chi connectivity index (χ3v) is 3.06. The van der Waals surface area contributed by atoms with Crippen molar-refractivity contribution < 1.29 is 0 Å².